The molecule has 1 amide bonds. The number of sulfonamides is 1. The van der Waals surface area contributed by atoms with Gasteiger partial charge in [0.1, 0.15) is 5.69 Å². The third-order valence-electron chi connectivity index (χ3n) is 5.31. The molecule has 0 spiro atoms. The zero-order chi connectivity index (χ0) is 22.6. The molecule has 8 nitrogen and oxygen atoms in total. The Kier molecular flexibility index (Phi) is 7.07. The van der Waals surface area contributed by atoms with E-state index in [-0.39, 0.29) is 17.2 Å². The van der Waals surface area contributed by atoms with E-state index < -0.39 is 21.9 Å². The highest BCUT2D eigenvalue weighted by Crippen LogP contribution is 2.24. The maximum atomic E-state index is 12.8. The van der Waals surface area contributed by atoms with Crippen LogP contribution in [0.3, 0.4) is 0 Å². The molecule has 0 radical (unpaired) electrons. The van der Waals surface area contributed by atoms with Crippen LogP contribution in [0.5, 0.6) is 0 Å². The van der Waals surface area contributed by atoms with Crippen LogP contribution >= 0.6 is 0 Å². The molecule has 0 bridgehead atoms. The van der Waals surface area contributed by atoms with Crippen molar-refractivity contribution in [2.24, 2.45) is 5.92 Å². The minimum atomic E-state index is -3.54. The summed E-state index contributed by atoms with van der Waals surface area (Å²) in [5.74, 6) is -0.411. The average molecular weight is 446 g/mol. The molecule has 31 heavy (non-hydrogen) atoms. The first-order valence-corrected chi connectivity index (χ1v) is 11.7. The molecule has 166 valence electrons. The molecule has 1 saturated heterocycles. The van der Waals surface area contributed by atoms with Crippen LogP contribution in [0.15, 0.2) is 41.3 Å². The van der Waals surface area contributed by atoms with Gasteiger partial charge in [-0.25, -0.2) is 18.2 Å². The molecule has 9 heteroatoms. The van der Waals surface area contributed by atoms with Crippen LogP contribution in [0.1, 0.15) is 53.2 Å². The van der Waals surface area contributed by atoms with Crippen LogP contribution in [0.2, 0.25) is 0 Å². The molecule has 1 aromatic carbocycles. The molecule has 0 atom stereocenters. The fourth-order valence-electron chi connectivity index (χ4n) is 3.39. The van der Waals surface area contributed by atoms with E-state index in [4.69, 9.17) is 4.74 Å². The Balaban J connectivity index is 1.69. The number of ether oxygens (including phenoxy) is 1. The molecule has 1 aromatic heterocycles. The fraction of sp³-hybridized carbons (Fsp3) is 0.409. The highest BCUT2D eigenvalue weighted by molar-refractivity contribution is 7.89. The smallest absolute Gasteiger partial charge is 0.339 e. The monoisotopic (exact) mass is 445 g/mol. The normalized spacial score (nSPS) is 15.5. The van der Waals surface area contributed by atoms with Gasteiger partial charge in [-0.1, -0.05) is 6.92 Å². The Hall–Kier alpha value is -2.78. The number of nitrogens with zero attached hydrogens (tertiary/aromatic N) is 2. The number of amides is 1. The molecular formula is C22H27N3O5S. The summed E-state index contributed by atoms with van der Waals surface area (Å²) in [5.41, 5.74) is 1.29. The Morgan fingerprint density at radius 2 is 1.77 bits per heavy atom. The second-order valence-corrected chi connectivity index (χ2v) is 9.55. The van der Waals surface area contributed by atoms with Gasteiger partial charge in [0.05, 0.1) is 22.8 Å². The number of nitrogens with one attached hydrogen (secondary N) is 1. The van der Waals surface area contributed by atoms with Gasteiger partial charge in [-0.2, -0.15) is 4.31 Å². The van der Waals surface area contributed by atoms with Gasteiger partial charge in [0, 0.05) is 18.8 Å². The molecule has 1 N–H and O–H groups in total. The van der Waals surface area contributed by atoms with Crippen LogP contribution in [0, 0.1) is 12.8 Å². The molecule has 1 fully saturated rings. The number of carbonyl (C=O) groups is 2. The van der Waals surface area contributed by atoms with E-state index in [0.29, 0.717) is 36.0 Å². The summed E-state index contributed by atoms with van der Waals surface area (Å²) in [4.78, 5) is 28.8. The Labute approximate surface area is 182 Å². The van der Waals surface area contributed by atoms with Crippen molar-refractivity contribution in [1.29, 1.82) is 0 Å². The zero-order valence-corrected chi connectivity index (χ0v) is 18.7. The third-order valence-corrected chi connectivity index (χ3v) is 7.22. The first-order chi connectivity index (χ1) is 14.7. The summed E-state index contributed by atoms with van der Waals surface area (Å²) < 4.78 is 32.1. The number of carbonyl (C=O) groups excluding carboxylic acids is 2. The minimum Gasteiger partial charge on any atom is -0.462 e. The number of aryl methyl sites for hydroxylation is 1. The van der Waals surface area contributed by atoms with Crippen molar-refractivity contribution in [3.05, 3.63) is 53.3 Å². The largest absolute Gasteiger partial charge is 0.462 e. The van der Waals surface area contributed by atoms with Gasteiger partial charge in [0.15, 0.2) is 0 Å². The molecule has 0 aliphatic carbocycles. The minimum absolute atomic E-state index is 0.143. The first kappa shape index (κ1) is 22.9. The zero-order valence-electron chi connectivity index (χ0n) is 17.9. The van der Waals surface area contributed by atoms with Gasteiger partial charge in [0.25, 0.3) is 5.91 Å². The summed E-state index contributed by atoms with van der Waals surface area (Å²) in [6.07, 6.45) is 1.71. The molecule has 2 aromatic rings. The quantitative estimate of drug-likeness (QED) is 0.685. The number of pyridine rings is 1. The summed E-state index contributed by atoms with van der Waals surface area (Å²) in [6.45, 7) is 6.77. The van der Waals surface area contributed by atoms with Crippen molar-refractivity contribution in [1.82, 2.24) is 9.29 Å². The van der Waals surface area contributed by atoms with E-state index in [1.54, 1.807) is 26.0 Å². The van der Waals surface area contributed by atoms with Crippen LogP contribution in [0.25, 0.3) is 0 Å². The van der Waals surface area contributed by atoms with Gasteiger partial charge in [-0.3, -0.25) is 4.79 Å². The highest BCUT2D eigenvalue weighted by atomic mass is 32.2. The number of esters is 1. The number of piperidine rings is 1. The molecule has 3 rings (SSSR count). The highest BCUT2D eigenvalue weighted by Gasteiger charge is 2.28. The van der Waals surface area contributed by atoms with Crippen molar-refractivity contribution < 1.29 is 22.7 Å². The SMILES string of the molecule is CCOC(=O)c1ccc(C(=O)Nc2ccc(S(=O)(=O)N3CCC(C)CC3)cc2)nc1C. The van der Waals surface area contributed by atoms with Gasteiger partial charge in [0.2, 0.25) is 10.0 Å². The molecule has 0 unspecified atom stereocenters. The Morgan fingerprint density at radius 1 is 1.13 bits per heavy atom. The summed E-state index contributed by atoms with van der Waals surface area (Å²) >= 11 is 0. The lowest BCUT2D eigenvalue weighted by atomic mass is 10.0. The van der Waals surface area contributed by atoms with Crippen LogP contribution in [-0.2, 0) is 14.8 Å². The van der Waals surface area contributed by atoms with E-state index >= 15 is 0 Å². The van der Waals surface area contributed by atoms with E-state index in [9.17, 15) is 18.0 Å². The number of aromatic nitrogens is 1. The number of hydrogen-bond donors (Lipinski definition) is 1. The third kappa shape index (κ3) is 5.29. The van der Waals surface area contributed by atoms with E-state index in [2.05, 4.69) is 17.2 Å². The Bertz CT molecular complexity index is 1060. The molecule has 2 heterocycles. The predicted octanol–water partition coefficient (Wildman–Crippen LogP) is 3.24. The van der Waals surface area contributed by atoms with Gasteiger partial charge in [-0.15, -0.1) is 0 Å². The first-order valence-electron chi connectivity index (χ1n) is 10.3. The van der Waals surface area contributed by atoms with Crippen LogP contribution in [0.4, 0.5) is 5.69 Å². The van der Waals surface area contributed by atoms with Gasteiger partial charge >= 0.3 is 5.97 Å². The van der Waals surface area contributed by atoms with Crippen molar-refractivity contribution in [3.8, 4) is 0 Å². The van der Waals surface area contributed by atoms with Crippen molar-refractivity contribution in [2.45, 2.75) is 38.5 Å². The van der Waals surface area contributed by atoms with Crippen molar-refractivity contribution in [3.63, 3.8) is 0 Å². The number of anilines is 1. The lowest BCUT2D eigenvalue weighted by molar-refractivity contribution is 0.0524. The Morgan fingerprint density at radius 3 is 2.35 bits per heavy atom. The van der Waals surface area contributed by atoms with E-state index in [1.807, 2.05) is 0 Å². The second kappa shape index (κ2) is 9.57. The van der Waals surface area contributed by atoms with Crippen LogP contribution in [-0.4, -0.2) is 49.3 Å². The van der Waals surface area contributed by atoms with E-state index in [1.165, 1.54) is 28.6 Å². The number of hydrogen-bond acceptors (Lipinski definition) is 6. The fourth-order valence-corrected chi connectivity index (χ4v) is 4.86. The van der Waals surface area contributed by atoms with Crippen LogP contribution < -0.4 is 5.32 Å². The maximum Gasteiger partial charge on any atom is 0.339 e. The number of benzene rings is 1. The second-order valence-electron chi connectivity index (χ2n) is 7.62. The topological polar surface area (TPSA) is 106 Å². The molecule has 1 aliphatic heterocycles. The average Bonchev–Trinajstić information content (AvgIpc) is 2.74. The molecular weight excluding hydrogens is 418 g/mol. The summed E-state index contributed by atoms with van der Waals surface area (Å²) in [5, 5.41) is 2.70. The number of rotatable bonds is 6. The van der Waals surface area contributed by atoms with E-state index in [0.717, 1.165) is 12.8 Å². The molecule has 0 saturated carbocycles. The summed E-state index contributed by atoms with van der Waals surface area (Å²) in [7, 11) is -3.54. The van der Waals surface area contributed by atoms with Crippen molar-refractivity contribution >= 4 is 27.6 Å². The maximum absolute atomic E-state index is 12.8. The predicted molar refractivity (Wildman–Crippen MR) is 116 cm³/mol. The lowest BCUT2D eigenvalue weighted by Gasteiger charge is -2.29. The summed E-state index contributed by atoms with van der Waals surface area (Å²) in [6, 6.07) is 9.04. The van der Waals surface area contributed by atoms with Crippen molar-refractivity contribution in [2.75, 3.05) is 25.0 Å². The van der Waals surface area contributed by atoms with Gasteiger partial charge < -0.3 is 10.1 Å². The standard InChI is InChI=1S/C22H27N3O5S/c1-4-30-22(27)19-9-10-20(23-16(19)3)21(26)24-17-5-7-18(8-6-17)31(28,29)25-13-11-15(2)12-14-25/h5-10,15H,4,11-14H2,1-3H3,(H,24,26). The van der Waals surface area contributed by atoms with Gasteiger partial charge in [-0.05, 0) is 69.0 Å². The molecule has 1 aliphatic rings. The lowest BCUT2D eigenvalue weighted by Crippen LogP contribution is -2.37.